The minimum Gasteiger partial charge on any atom is -0.507 e. The SMILES string of the molecule is C=CCc1cccc([C@H]2C3=CC[C@@H]4C(=O)N(c5ccc(Cl)cc5)C(=O)[C@@H]4[C@@H]3C[C@@]3(Cl)C(=O)N(c4c(F)c(F)c(F)c(F)c4F)C(=O)[C@@]23Cl)c1O. The summed E-state index contributed by atoms with van der Waals surface area (Å²) >= 11 is 20.3. The highest BCUT2D eigenvalue weighted by atomic mass is 35.5. The molecule has 3 aromatic rings. The van der Waals surface area contributed by atoms with Crippen LogP contribution in [0.5, 0.6) is 5.75 Å². The zero-order chi connectivity index (χ0) is 36.2. The number of allylic oxidation sites excluding steroid dienone is 3. The van der Waals surface area contributed by atoms with Crippen molar-refractivity contribution in [3.8, 4) is 5.75 Å². The summed E-state index contributed by atoms with van der Waals surface area (Å²) in [4.78, 5) is 51.9. The standard InChI is InChI=1S/C35H22Cl3F5N2O5/c1-2-4-14-5-3-6-19(29(14)46)22-17-11-12-18-21(31(48)44(30(18)47)16-9-7-15(36)8-10-16)20(17)13-34(37)32(49)45(33(50)35(22,34)38)28-26(42)24(40)23(39)25(41)27(28)43/h2-3,5-11,18,20-22,46H,1,4,12-13H2/t18-,20+,21-,22+,34+,35-/m0/s1. The third-order valence-corrected chi connectivity index (χ3v) is 11.8. The molecule has 7 rings (SSSR count). The lowest BCUT2D eigenvalue weighted by Crippen LogP contribution is -2.60. The first-order valence-corrected chi connectivity index (χ1v) is 16.3. The van der Waals surface area contributed by atoms with Gasteiger partial charge < -0.3 is 5.11 Å². The fourth-order valence-electron chi connectivity index (χ4n) is 7.92. The first-order chi connectivity index (χ1) is 23.6. The van der Waals surface area contributed by atoms with Crippen LogP contribution in [0.1, 0.15) is 29.9 Å². The topological polar surface area (TPSA) is 95.0 Å². The van der Waals surface area contributed by atoms with Gasteiger partial charge in [0, 0.05) is 16.5 Å². The van der Waals surface area contributed by atoms with Crippen molar-refractivity contribution < 1.29 is 46.2 Å². The summed E-state index contributed by atoms with van der Waals surface area (Å²) in [6.45, 7) is 3.66. The molecule has 2 saturated heterocycles. The maximum Gasteiger partial charge on any atom is 0.258 e. The van der Waals surface area contributed by atoms with Gasteiger partial charge in [-0.15, -0.1) is 29.8 Å². The number of halogens is 8. The lowest BCUT2D eigenvalue weighted by Gasteiger charge is -2.50. The molecule has 258 valence electrons. The van der Waals surface area contributed by atoms with E-state index in [1.807, 2.05) is 0 Å². The fourth-order valence-corrected chi connectivity index (χ4v) is 8.97. The smallest absolute Gasteiger partial charge is 0.258 e. The highest BCUT2D eigenvalue weighted by molar-refractivity contribution is 6.58. The van der Waals surface area contributed by atoms with Gasteiger partial charge in [0.05, 0.1) is 17.5 Å². The number of hydrogen-bond donors (Lipinski definition) is 1. The summed E-state index contributed by atoms with van der Waals surface area (Å²) in [6.07, 6.45) is 2.41. The Bertz CT molecular complexity index is 2080. The molecule has 2 aliphatic heterocycles. The van der Waals surface area contributed by atoms with Crippen LogP contribution in [0.25, 0.3) is 0 Å². The Morgan fingerprint density at radius 2 is 1.46 bits per heavy atom. The van der Waals surface area contributed by atoms with Crippen LogP contribution in [0.3, 0.4) is 0 Å². The third-order valence-electron chi connectivity index (χ3n) is 10.1. The maximum atomic E-state index is 15.2. The van der Waals surface area contributed by atoms with Crippen molar-refractivity contribution in [1.29, 1.82) is 0 Å². The monoisotopic (exact) mass is 750 g/mol. The quantitative estimate of drug-likeness (QED) is 0.0742. The summed E-state index contributed by atoms with van der Waals surface area (Å²) in [5.74, 6) is -22.2. The molecule has 6 atom stereocenters. The molecule has 1 N–H and O–H groups in total. The number of phenolic OH excluding ortho intramolecular Hbond substituents is 1. The van der Waals surface area contributed by atoms with Crippen molar-refractivity contribution in [2.75, 3.05) is 9.80 Å². The number of hydrogen-bond acceptors (Lipinski definition) is 5. The second-order valence-corrected chi connectivity index (χ2v) is 14.2. The van der Waals surface area contributed by atoms with Gasteiger partial charge in [-0.25, -0.2) is 26.9 Å². The van der Waals surface area contributed by atoms with Crippen LogP contribution in [0.4, 0.5) is 33.3 Å². The fraction of sp³-hybridized carbons (Fsp3) is 0.257. The van der Waals surface area contributed by atoms with Crippen LogP contribution in [0.15, 0.2) is 66.8 Å². The van der Waals surface area contributed by atoms with E-state index in [1.54, 1.807) is 6.08 Å². The minimum atomic E-state index is -2.76. The van der Waals surface area contributed by atoms with Gasteiger partial charge in [0.25, 0.3) is 11.8 Å². The molecule has 7 nitrogen and oxygen atoms in total. The number of amides is 4. The number of carbonyl (C=O) groups is 4. The van der Waals surface area contributed by atoms with E-state index >= 15 is 8.78 Å². The van der Waals surface area contributed by atoms with E-state index in [4.69, 9.17) is 34.8 Å². The molecule has 50 heavy (non-hydrogen) atoms. The highest BCUT2D eigenvalue weighted by Gasteiger charge is 2.77. The van der Waals surface area contributed by atoms with Crippen LogP contribution >= 0.6 is 34.8 Å². The zero-order valence-electron chi connectivity index (χ0n) is 25.3. The number of nitrogens with zero attached hydrogens (tertiary/aromatic N) is 2. The third kappa shape index (κ3) is 4.34. The average molecular weight is 752 g/mol. The van der Waals surface area contributed by atoms with Crippen molar-refractivity contribution in [1.82, 2.24) is 0 Å². The van der Waals surface area contributed by atoms with Gasteiger partial charge in [0.15, 0.2) is 33.0 Å². The van der Waals surface area contributed by atoms with Crippen molar-refractivity contribution in [2.24, 2.45) is 17.8 Å². The Morgan fingerprint density at radius 1 is 0.840 bits per heavy atom. The Hall–Kier alpha value is -4.26. The lowest BCUT2D eigenvalue weighted by atomic mass is 9.56. The molecule has 3 fully saturated rings. The van der Waals surface area contributed by atoms with Crippen molar-refractivity contribution in [2.45, 2.75) is 34.9 Å². The van der Waals surface area contributed by atoms with Gasteiger partial charge in [0.1, 0.15) is 11.4 Å². The van der Waals surface area contributed by atoms with Gasteiger partial charge in [-0.3, -0.25) is 24.1 Å². The van der Waals surface area contributed by atoms with Gasteiger partial charge in [0.2, 0.25) is 17.6 Å². The summed E-state index contributed by atoms with van der Waals surface area (Å²) in [5.41, 5.74) is -1.25. The molecule has 0 aromatic heterocycles. The number of imide groups is 2. The van der Waals surface area contributed by atoms with Crippen molar-refractivity contribution in [3.63, 3.8) is 0 Å². The second kappa shape index (κ2) is 11.6. The minimum absolute atomic E-state index is 0.0550. The van der Waals surface area contributed by atoms with Crippen LogP contribution in [-0.4, -0.2) is 38.5 Å². The Morgan fingerprint density at radius 3 is 2.08 bits per heavy atom. The molecule has 3 aromatic carbocycles. The molecular formula is C35H22Cl3F5N2O5. The van der Waals surface area contributed by atoms with E-state index in [1.165, 1.54) is 48.5 Å². The van der Waals surface area contributed by atoms with Crippen molar-refractivity contribution in [3.05, 3.63) is 112 Å². The van der Waals surface area contributed by atoms with Crippen LogP contribution < -0.4 is 9.80 Å². The van der Waals surface area contributed by atoms with E-state index in [2.05, 4.69) is 6.58 Å². The first kappa shape index (κ1) is 34.2. The summed E-state index contributed by atoms with van der Waals surface area (Å²) in [7, 11) is 0. The van der Waals surface area contributed by atoms with E-state index in [0.29, 0.717) is 10.6 Å². The average Bonchev–Trinajstić information content (AvgIpc) is 3.43. The molecular weight excluding hydrogens is 730 g/mol. The molecule has 4 aliphatic rings. The predicted octanol–water partition coefficient (Wildman–Crippen LogP) is 7.24. The number of carbonyl (C=O) groups excluding carboxylic acids is 4. The number of benzene rings is 3. The summed E-state index contributed by atoms with van der Waals surface area (Å²) < 4.78 is 73.4. The molecule has 2 heterocycles. The number of para-hydroxylation sites is 1. The van der Waals surface area contributed by atoms with Gasteiger partial charge in [-0.2, -0.15) is 0 Å². The highest BCUT2D eigenvalue weighted by Crippen LogP contribution is 2.67. The number of fused-ring (bicyclic) bond motifs is 4. The Kier molecular flexibility index (Phi) is 7.96. The van der Waals surface area contributed by atoms with Crippen LogP contribution in [0.2, 0.25) is 5.02 Å². The zero-order valence-corrected chi connectivity index (χ0v) is 27.6. The maximum absolute atomic E-state index is 15.2. The van der Waals surface area contributed by atoms with Gasteiger partial charge >= 0.3 is 0 Å². The second-order valence-electron chi connectivity index (χ2n) is 12.5. The molecule has 0 radical (unpaired) electrons. The van der Waals surface area contributed by atoms with Gasteiger partial charge in [-0.1, -0.05) is 47.5 Å². The lowest BCUT2D eigenvalue weighted by molar-refractivity contribution is -0.125. The van der Waals surface area contributed by atoms with Crippen LogP contribution in [0, 0.1) is 46.8 Å². The van der Waals surface area contributed by atoms with E-state index < -0.39 is 104 Å². The Balaban J connectivity index is 1.45. The molecule has 0 spiro atoms. The normalized spacial score (nSPS) is 28.8. The largest absolute Gasteiger partial charge is 0.507 e. The van der Waals surface area contributed by atoms with E-state index in [0.717, 1.165) is 4.90 Å². The Labute approximate surface area is 295 Å². The van der Waals surface area contributed by atoms with E-state index in [9.17, 15) is 37.5 Å². The summed E-state index contributed by atoms with van der Waals surface area (Å²) in [6, 6.07) is 10.3. The number of phenols is 1. The number of anilines is 2. The molecule has 0 unspecified atom stereocenters. The first-order valence-electron chi connectivity index (χ1n) is 15.1. The number of aromatic hydroxyl groups is 1. The number of alkyl halides is 2. The molecule has 2 aliphatic carbocycles. The van der Waals surface area contributed by atoms with Crippen molar-refractivity contribution >= 4 is 69.8 Å². The van der Waals surface area contributed by atoms with Crippen LogP contribution in [-0.2, 0) is 25.6 Å². The van der Waals surface area contributed by atoms with E-state index in [-0.39, 0.29) is 34.6 Å². The summed E-state index contributed by atoms with van der Waals surface area (Å²) in [5, 5.41) is 11.9. The number of rotatable bonds is 5. The predicted molar refractivity (Wildman–Crippen MR) is 172 cm³/mol. The molecule has 4 amide bonds. The molecule has 1 saturated carbocycles. The molecule has 0 bridgehead atoms. The van der Waals surface area contributed by atoms with Gasteiger partial charge in [-0.05, 0) is 55.0 Å². The molecule has 15 heteroatoms.